The number of non-ortho nitro benzene ring substituents is 1. The Hall–Kier alpha value is -3.41. The van der Waals surface area contributed by atoms with Crippen LogP contribution < -0.4 is 5.43 Å². The summed E-state index contributed by atoms with van der Waals surface area (Å²) in [5.41, 5.74) is 1.29. The summed E-state index contributed by atoms with van der Waals surface area (Å²) in [5, 5.41) is 46.2. The standard InChI is InChI=1S/C32H50N4O8/c1-6-7-8-27(32(5)17-15-25(37)20-30(32)38)26(23(4)10-9-21(2)22(3)11-14-31(39)40)16-18-33-34-28-13-12-24(35(41)42)19-29(28)36(43)44/h12-13,18-19,21-23,25-27,34,37H,6-11,14-17,20H2,1-5H3,(H,39,40)/t21-,22-,23?,25+,26?,27?,32-/m1/s1. The number of nitro benzene ring substituents is 2. The number of carbonyl (C=O) groups is 2. The summed E-state index contributed by atoms with van der Waals surface area (Å²) in [5.74, 6) is 0.173. The average Bonchev–Trinajstić information content (AvgIpc) is 2.97. The van der Waals surface area contributed by atoms with E-state index < -0.39 is 33.0 Å². The molecule has 3 unspecified atom stereocenters. The first kappa shape index (κ1) is 36.8. The van der Waals surface area contributed by atoms with Gasteiger partial charge in [-0.25, -0.2) is 0 Å². The molecule has 0 radical (unpaired) electrons. The third-order valence-electron chi connectivity index (χ3n) is 9.89. The van der Waals surface area contributed by atoms with Crippen molar-refractivity contribution in [1.29, 1.82) is 0 Å². The van der Waals surface area contributed by atoms with E-state index in [2.05, 4.69) is 38.2 Å². The fourth-order valence-electron chi connectivity index (χ4n) is 6.60. The molecule has 0 amide bonds. The van der Waals surface area contributed by atoms with Crippen LogP contribution in [0.5, 0.6) is 0 Å². The summed E-state index contributed by atoms with van der Waals surface area (Å²) in [4.78, 5) is 45.8. The minimum absolute atomic E-state index is 0.0385. The van der Waals surface area contributed by atoms with Gasteiger partial charge in [0, 0.05) is 30.5 Å². The van der Waals surface area contributed by atoms with Crippen LogP contribution in [0.1, 0.15) is 105 Å². The largest absolute Gasteiger partial charge is 0.481 e. The van der Waals surface area contributed by atoms with Crippen molar-refractivity contribution in [3.63, 3.8) is 0 Å². The zero-order valence-corrected chi connectivity index (χ0v) is 26.7. The zero-order chi connectivity index (χ0) is 33.0. The summed E-state index contributed by atoms with van der Waals surface area (Å²) in [6.07, 6.45) is 8.24. The molecule has 0 aromatic heterocycles. The Bertz CT molecular complexity index is 1170. The first-order chi connectivity index (χ1) is 20.7. The van der Waals surface area contributed by atoms with E-state index in [-0.39, 0.29) is 53.7 Å². The number of rotatable bonds is 19. The van der Waals surface area contributed by atoms with E-state index >= 15 is 0 Å². The number of Topliss-reactive ketones (excluding diaryl/α,β-unsaturated/α-hetero) is 1. The first-order valence-electron chi connectivity index (χ1n) is 15.8. The number of aliphatic hydroxyl groups is 1. The lowest BCUT2D eigenvalue weighted by atomic mass is 9.58. The number of carboxylic acids is 1. The molecular weight excluding hydrogens is 568 g/mol. The lowest BCUT2D eigenvalue weighted by Crippen LogP contribution is -2.46. The van der Waals surface area contributed by atoms with Crippen molar-refractivity contribution in [2.75, 3.05) is 5.43 Å². The number of anilines is 1. The molecule has 0 saturated heterocycles. The molecule has 1 aliphatic carbocycles. The van der Waals surface area contributed by atoms with Gasteiger partial charge in [-0.3, -0.25) is 35.2 Å². The Kier molecular flexibility index (Phi) is 14.4. The smallest absolute Gasteiger partial charge is 0.303 e. The molecule has 0 heterocycles. The van der Waals surface area contributed by atoms with E-state index in [1.807, 2.05) is 6.92 Å². The molecule has 2 rings (SSSR count). The Morgan fingerprint density at radius 2 is 1.77 bits per heavy atom. The van der Waals surface area contributed by atoms with Gasteiger partial charge in [-0.2, -0.15) is 5.10 Å². The first-order valence-corrected chi connectivity index (χ1v) is 15.8. The van der Waals surface area contributed by atoms with Crippen LogP contribution in [-0.4, -0.2) is 44.1 Å². The predicted molar refractivity (Wildman–Crippen MR) is 170 cm³/mol. The lowest BCUT2D eigenvalue weighted by molar-refractivity contribution is -0.393. The summed E-state index contributed by atoms with van der Waals surface area (Å²) >= 11 is 0. The van der Waals surface area contributed by atoms with E-state index in [0.29, 0.717) is 31.6 Å². The highest BCUT2D eigenvalue weighted by Gasteiger charge is 2.47. The van der Waals surface area contributed by atoms with Crippen molar-refractivity contribution >= 4 is 35.0 Å². The highest BCUT2D eigenvalue weighted by Crippen LogP contribution is 2.49. The highest BCUT2D eigenvalue weighted by atomic mass is 16.6. The van der Waals surface area contributed by atoms with Crippen LogP contribution in [0.4, 0.5) is 17.1 Å². The number of benzene rings is 1. The molecule has 1 saturated carbocycles. The fourth-order valence-corrected chi connectivity index (χ4v) is 6.60. The Morgan fingerprint density at radius 1 is 1.11 bits per heavy atom. The molecule has 0 spiro atoms. The number of hydrogen-bond acceptors (Lipinski definition) is 9. The predicted octanol–water partition coefficient (Wildman–Crippen LogP) is 7.39. The topological polar surface area (TPSA) is 185 Å². The number of unbranched alkanes of at least 4 members (excludes halogenated alkanes) is 1. The maximum Gasteiger partial charge on any atom is 0.303 e. The summed E-state index contributed by atoms with van der Waals surface area (Å²) in [6, 6.07) is 3.34. The molecule has 44 heavy (non-hydrogen) atoms. The monoisotopic (exact) mass is 618 g/mol. The van der Waals surface area contributed by atoms with Crippen molar-refractivity contribution < 1.29 is 29.6 Å². The third kappa shape index (κ3) is 10.3. The maximum atomic E-state index is 13.5. The quantitative estimate of drug-likeness (QED) is 0.0807. The number of aliphatic hydroxyl groups excluding tert-OH is 1. The fraction of sp³-hybridized carbons (Fsp3) is 0.719. The number of carboxylic acid groups (broad SMARTS) is 1. The average molecular weight is 619 g/mol. The second kappa shape index (κ2) is 17.2. The molecule has 12 heteroatoms. The number of nitrogens with one attached hydrogen (secondary N) is 1. The van der Waals surface area contributed by atoms with Crippen LogP contribution in [0.3, 0.4) is 0 Å². The van der Waals surface area contributed by atoms with Gasteiger partial charge in [0.1, 0.15) is 11.5 Å². The van der Waals surface area contributed by atoms with Gasteiger partial charge >= 0.3 is 11.7 Å². The molecule has 12 nitrogen and oxygen atoms in total. The number of ketones is 1. The number of hydrogen-bond donors (Lipinski definition) is 3. The van der Waals surface area contributed by atoms with Crippen molar-refractivity contribution in [3.8, 4) is 0 Å². The molecule has 1 aliphatic rings. The van der Waals surface area contributed by atoms with E-state index in [0.717, 1.165) is 38.2 Å². The van der Waals surface area contributed by atoms with E-state index in [1.54, 1.807) is 6.21 Å². The number of nitrogens with zero attached hydrogens (tertiary/aromatic N) is 3. The van der Waals surface area contributed by atoms with Crippen LogP contribution in [0, 0.1) is 55.2 Å². The third-order valence-corrected chi connectivity index (χ3v) is 9.89. The molecule has 246 valence electrons. The van der Waals surface area contributed by atoms with Crippen LogP contribution >= 0.6 is 0 Å². The van der Waals surface area contributed by atoms with Crippen molar-refractivity contribution in [2.45, 2.75) is 111 Å². The Labute approximate surface area is 260 Å². The van der Waals surface area contributed by atoms with Gasteiger partial charge in [0.05, 0.1) is 22.0 Å². The van der Waals surface area contributed by atoms with Crippen LogP contribution in [0.25, 0.3) is 0 Å². The van der Waals surface area contributed by atoms with E-state index in [4.69, 9.17) is 5.11 Å². The zero-order valence-electron chi connectivity index (χ0n) is 26.7. The Morgan fingerprint density at radius 3 is 2.36 bits per heavy atom. The minimum atomic E-state index is -0.793. The van der Waals surface area contributed by atoms with Gasteiger partial charge in [0.2, 0.25) is 0 Å². The van der Waals surface area contributed by atoms with Gasteiger partial charge < -0.3 is 10.2 Å². The SMILES string of the molecule is CCCCC(C(CC=NNc1ccc([N+](=O)[O-])cc1[N+](=O)[O-])C(C)CC[C@@H](C)[C@H](C)CCC(=O)O)[C@@]1(C)CC[C@H](O)CC1=O. The summed E-state index contributed by atoms with van der Waals surface area (Å²) in [7, 11) is 0. The molecule has 1 aromatic carbocycles. The number of aliphatic carboxylic acids is 1. The normalized spacial score (nSPS) is 22.2. The van der Waals surface area contributed by atoms with Crippen LogP contribution in [0.15, 0.2) is 23.3 Å². The highest BCUT2D eigenvalue weighted by molar-refractivity contribution is 5.86. The van der Waals surface area contributed by atoms with Gasteiger partial charge in [0.25, 0.3) is 5.69 Å². The second-order valence-electron chi connectivity index (χ2n) is 13.0. The number of nitro groups is 2. The van der Waals surface area contributed by atoms with Gasteiger partial charge in [0.15, 0.2) is 0 Å². The van der Waals surface area contributed by atoms with Gasteiger partial charge in [-0.15, -0.1) is 0 Å². The molecule has 7 atom stereocenters. The second-order valence-corrected chi connectivity index (χ2v) is 13.0. The lowest BCUT2D eigenvalue weighted by Gasteiger charge is -2.46. The molecule has 1 fully saturated rings. The molecule has 3 N–H and O–H groups in total. The van der Waals surface area contributed by atoms with Gasteiger partial charge in [-0.1, -0.05) is 60.3 Å². The summed E-state index contributed by atoms with van der Waals surface area (Å²) in [6.45, 7) is 10.6. The van der Waals surface area contributed by atoms with Crippen molar-refractivity contribution in [3.05, 3.63) is 38.4 Å². The minimum Gasteiger partial charge on any atom is -0.481 e. The number of carbonyl (C=O) groups excluding carboxylic acids is 1. The van der Waals surface area contributed by atoms with Crippen LogP contribution in [0.2, 0.25) is 0 Å². The molecule has 0 bridgehead atoms. The van der Waals surface area contributed by atoms with Crippen LogP contribution in [-0.2, 0) is 9.59 Å². The van der Waals surface area contributed by atoms with Crippen molar-refractivity contribution in [2.24, 2.45) is 40.1 Å². The molecule has 0 aliphatic heterocycles. The number of hydrazone groups is 1. The van der Waals surface area contributed by atoms with Gasteiger partial charge in [-0.05, 0) is 67.8 Å². The summed E-state index contributed by atoms with van der Waals surface area (Å²) < 4.78 is 0. The maximum absolute atomic E-state index is 13.5. The molecular formula is C32H50N4O8. The Balaban J connectivity index is 2.33. The van der Waals surface area contributed by atoms with Crippen molar-refractivity contribution in [1.82, 2.24) is 0 Å². The van der Waals surface area contributed by atoms with E-state index in [1.165, 1.54) is 12.1 Å². The molecule has 1 aromatic rings. The van der Waals surface area contributed by atoms with E-state index in [9.17, 15) is 34.9 Å².